The van der Waals surface area contributed by atoms with E-state index in [9.17, 15) is 9.59 Å². The van der Waals surface area contributed by atoms with E-state index in [2.05, 4.69) is 9.97 Å². The molecule has 0 aliphatic heterocycles. The number of nitrogens with one attached hydrogen (secondary N) is 1. The number of methoxy groups -OCH3 is 1. The summed E-state index contributed by atoms with van der Waals surface area (Å²) in [4.78, 5) is 32.9. The lowest BCUT2D eigenvalue weighted by molar-refractivity contribution is 0.0393. The number of hydrogen-bond acceptors (Lipinski definition) is 7. The number of carbonyl (C=O) groups is 1. The van der Waals surface area contributed by atoms with Crippen molar-refractivity contribution in [3.8, 4) is 11.3 Å². The molecule has 7 nitrogen and oxygen atoms in total. The van der Waals surface area contributed by atoms with Gasteiger partial charge < -0.3 is 18.9 Å². The quantitative estimate of drug-likeness (QED) is 0.216. The number of furan rings is 1. The van der Waals surface area contributed by atoms with Crippen LogP contribution in [0.25, 0.3) is 32.6 Å². The number of aromatic nitrogens is 2. The molecular weight excluding hydrogens is 523 g/mol. The van der Waals surface area contributed by atoms with Gasteiger partial charge in [0.1, 0.15) is 27.8 Å². The average Bonchev–Trinajstić information content (AvgIpc) is 3.40. The normalized spacial score (nSPS) is 11.9. The Kier molecular flexibility index (Phi) is 7.45. The SMILES string of the molecule is COCCOC(=O)c1sc2nc(/C(Cl)=C/c3ccc(-c4ccc(Cl)c(Cl)c4)o3)[nH]c(=O)c2c1C. The molecule has 0 radical (unpaired) electrons. The monoisotopic (exact) mass is 538 g/mol. The molecule has 0 bridgehead atoms. The summed E-state index contributed by atoms with van der Waals surface area (Å²) < 4.78 is 15.9. The number of fused-ring (bicyclic) bond motifs is 1. The van der Waals surface area contributed by atoms with Crippen LogP contribution in [0, 0.1) is 6.92 Å². The van der Waals surface area contributed by atoms with Crippen molar-refractivity contribution in [2.45, 2.75) is 6.92 Å². The number of aryl methyl sites for hydroxylation is 1. The van der Waals surface area contributed by atoms with Crippen LogP contribution in [0.2, 0.25) is 10.0 Å². The van der Waals surface area contributed by atoms with Gasteiger partial charge in [0.05, 0.1) is 27.1 Å². The van der Waals surface area contributed by atoms with Gasteiger partial charge in [-0.1, -0.05) is 34.8 Å². The Labute approximate surface area is 212 Å². The molecule has 1 N–H and O–H groups in total. The van der Waals surface area contributed by atoms with Gasteiger partial charge in [0.2, 0.25) is 0 Å². The van der Waals surface area contributed by atoms with E-state index in [0.29, 0.717) is 42.2 Å². The molecule has 3 aromatic heterocycles. The van der Waals surface area contributed by atoms with Crippen molar-refractivity contribution in [1.29, 1.82) is 0 Å². The van der Waals surface area contributed by atoms with Crippen LogP contribution in [0.5, 0.6) is 0 Å². The molecule has 0 saturated carbocycles. The topological polar surface area (TPSA) is 94.4 Å². The first-order chi connectivity index (χ1) is 16.3. The van der Waals surface area contributed by atoms with Crippen LogP contribution in [-0.2, 0) is 9.47 Å². The van der Waals surface area contributed by atoms with Gasteiger partial charge in [0.15, 0.2) is 5.82 Å². The first-order valence-corrected chi connectivity index (χ1v) is 11.9. The molecule has 176 valence electrons. The molecule has 34 heavy (non-hydrogen) atoms. The Morgan fingerprint density at radius 2 is 2.00 bits per heavy atom. The van der Waals surface area contributed by atoms with Crippen LogP contribution in [0.15, 0.2) is 39.5 Å². The zero-order valence-corrected chi connectivity index (χ0v) is 21.0. The molecule has 3 heterocycles. The second kappa shape index (κ2) is 10.3. The predicted molar refractivity (Wildman–Crippen MR) is 135 cm³/mol. The van der Waals surface area contributed by atoms with Crippen molar-refractivity contribution < 1.29 is 18.7 Å². The molecular formula is C23H17Cl3N2O5S. The number of benzene rings is 1. The zero-order valence-electron chi connectivity index (χ0n) is 17.9. The van der Waals surface area contributed by atoms with Crippen molar-refractivity contribution in [2.75, 3.05) is 20.3 Å². The van der Waals surface area contributed by atoms with Crippen LogP contribution in [0.3, 0.4) is 0 Å². The van der Waals surface area contributed by atoms with E-state index < -0.39 is 11.5 Å². The van der Waals surface area contributed by atoms with E-state index in [1.54, 1.807) is 37.3 Å². The Bertz CT molecular complexity index is 1470. The largest absolute Gasteiger partial charge is 0.459 e. The third kappa shape index (κ3) is 5.06. The van der Waals surface area contributed by atoms with Gasteiger partial charge in [-0.3, -0.25) is 4.79 Å². The zero-order chi connectivity index (χ0) is 24.4. The lowest BCUT2D eigenvalue weighted by Crippen LogP contribution is -2.11. The fourth-order valence-corrected chi connectivity index (χ4v) is 4.73. The Morgan fingerprint density at radius 3 is 2.74 bits per heavy atom. The lowest BCUT2D eigenvalue weighted by Gasteiger charge is -2.02. The van der Waals surface area contributed by atoms with E-state index in [4.69, 9.17) is 48.7 Å². The molecule has 0 fully saturated rings. The highest BCUT2D eigenvalue weighted by atomic mass is 35.5. The molecule has 0 unspecified atom stereocenters. The number of ether oxygens (including phenoxy) is 2. The summed E-state index contributed by atoms with van der Waals surface area (Å²) in [7, 11) is 1.51. The maximum Gasteiger partial charge on any atom is 0.348 e. The summed E-state index contributed by atoms with van der Waals surface area (Å²) in [6.07, 6.45) is 1.53. The fraction of sp³-hybridized carbons (Fsp3) is 0.174. The highest BCUT2D eigenvalue weighted by Crippen LogP contribution is 2.32. The van der Waals surface area contributed by atoms with Gasteiger partial charge in [-0.15, -0.1) is 11.3 Å². The van der Waals surface area contributed by atoms with E-state index in [-0.39, 0.29) is 24.1 Å². The summed E-state index contributed by atoms with van der Waals surface area (Å²) in [5.74, 6) is 0.619. The van der Waals surface area contributed by atoms with Gasteiger partial charge in [0, 0.05) is 18.7 Å². The van der Waals surface area contributed by atoms with Crippen molar-refractivity contribution in [1.82, 2.24) is 9.97 Å². The highest BCUT2D eigenvalue weighted by Gasteiger charge is 2.21. The first kappa shape index (κ1) is 24.5. The predicted octanol–water partition coefficient (Wildman–Crippen LogP) is 6.40. The minimum Gasteiger partial charge on any atom is -0.459 e. The van der Waals surface area contributed by atoms with Gasteiger partial charge >= 0.3 is 5.97 Å². The number of hydrogen-bond donors (Lipinski definition) is 1. The van der Waals surface area contributed by atoms with Crippen LogP contribution in [-0.4, -0.2) is 36.3 Å². The van der Waals surface area contributed by atoms with Crippen molar-refractivity contribution in [3.05, 3.63) is 72.8 Å². The lowest BCUT2D eigenvalue weighted by atomic mass is 10.2. The smallest absolute Gasteiger partial charge is 0.348 e. The number of H-pyrrole nitrogens is 1. The molecule has 0 saturated heterocycles. The molecule has 0 aliphatic rings. The molecule has 0 aliphatic carbocycles. The Balaban J connectivity index is 1.63. The van der Waals surface area contributed by atoms with Crippen LogP contribution in [0.1, 0.15) is 26.8 Å². The van der Waals surface area contributed by atoms with Crippen molar-refractivity contribution >= 4 is 73.4 Å². The van der Waals surface area contributed by atoms with Gasteiger partial charge in [-0.05, 0) is 42.8 Å². The summed E-state index contributed by atoms with van der Waals surface area (Å²) >= 11 is 19.5. The van der Waals surface area contributed by atoms with Gasteiger partial charge in [0.25, 0.3) is 5.56 Å². The summed E-state index contributed by atoms with van der Waals surface area (Å²) in [6, 6.07) is 8.64. The molecule has 11 heteroatoms. The second-order valence-electron chi connectivity index (χ2n) is 7.10. The maximum absolute atomic E-state index is 12.7. The number of aromatic amines is 1. The third-order valence-electron chi connectivity index (χ3n) is 4.83. The molecule has 4 aromatic rings. The standard InChI is InChI=1S/C23H17Cl3N2O5S/c1-11-18-21(29)27-20(28-22(18)34-19(11)23(30)32-8-7-31-2)16(26)10-13-4-6-17(33-13)12-3-5-14(24)15(25)9-12/h3-6,9-10H,7-8H2,1-2H3,(H,27,28,29)/b16-10-. The summed E-state index contributed by atoms with van der Waals surface area (Å²) in [6.45, 7) is 2.06. The van der Waals surface area contributed by atoms with Gasteiger partial charge in [-0.25, -0.2) is 9.78 Å². The average molecular weight is 540 g/mol. The molecule has 0 spiro atoms. The van der Waals surface area contributed by atoms with Gasteiger partial charge in [-0.2, -0.15) is 0 Å². The summed E-state index contributed by atoms with van der Waals surface area (Å²) in [5, 5.41) is 1.33. The fourth-order valence-electron chi connectivity index (χ4n) is 3.16. The molecule has 4 rings (SSSR count). The number of halogens is 3. The number of rotatable bonds is 7. The molecule has 0 atom stereocenters. The van der Waals surface area contributed by atoms with Crippen molar-refractivity contribution in [2.24, 2.45) is 0 Å². The number of thiophene rings is 1. The Hall–Kier alpha value is -2.62. The first-order valence-electron chi connectivity index (χ1n) is 9.90. The minimum absolute atomic E-state index is 0.111. The number of esters is 1. The van der Waals surface area contributed by atoms with Crippen LogP contribution < -0.4 is 5.56 Å². The maximum atomic E-state index is 12.7. The molecule has 0 amide bonds. The van der Waals surface area contributed by atoms with E-state index >= 15 is 0 Å². The van der Waals surface area contributed by atoms with Crippen molar-refractivity contribution in [3.63, 3.8) is 0 Å². The van der Waals surface area contributed by atoms with Crippen LogP contribution in [0.4, 0.5) is 0 Å². The Morgan fingerprint density at radius 1 is 1.21 bits per heavy atom. The number of nitrogens with zero attached hydrogens (tertiary/aromatic N) is 1. The second-order valence-corrected chi connectivity index (χ2v) is 9.32. The molecule has 1 aromatic carbocycles. The highest BCUT2D eigenvalue weighted by molar-refractivity contribution is 7.20. The summed E-state index contributed by atoms with van der Waals surface area (Å²) in [5.41, 5.74) is 0.837. The number of carbonyl (C=O) groups excluding carboxylic acids is 1. The van der Waals surface area contributed by atoms with Crippen LogP contribution >= 0.6 is 46.1 Å². The van der Waals surface area contributed by atoms with E-state index in [1.807, 2.05) is 0 Å². The van der Waals surface area contributed by atoms with E-state index in [1.165, 1.54) is 13.2 Å². The van der Waals surface area contributed by atoms with E-state index in [0.717, 1.165) is 16.9 Å². The third-order valence-corrected chi connectivity index (χ3v) is 7.03. The minimum atomic E-state index is -0.537.